The quantitative estimate of drug-likeness (QED) is 0.390. The van der Waals surface area contributed by atoms with Gasteiger partial charge in [0.2, 0.25) is 0 Å². The van der Waals surface area contributed by atoms with Crippen LogP contribution in [-0.2, 0) is 13.1 Å². The zero-order chi connectivity index (χ0) is 24.1. The maximum absolute atomic E-state index is 14.4. The first kappa shape index (κ1) is 23.1. The van der Waals surface area contributed by atoms with Crippen LogP contribution in [0.4, 0.5) is 36.8 Å². The molecule has 0 saturated heterocycles. The van der Waals surface area contributed by atoms with Crippen molar-refractivity contribution in [2.24, 2.45) is 0 Å². The van der Waals surface area contributed by atoms with Crippen LogP contribution >= 0.6 is 15.9 Å². The molecule has 174 valence electrons. The number of carbonyl (C=O) groups excluding carboxylic acids is 1. The number of alkyl halides is 3. The first-order chi connectivity index (χ1) is 15.5. The molecule has 1 aromatic heterocycles. The molecule has 0 bridgehead atoms. The van der Waals surface area contributed by atoms with Gasteiger partial charge >= 0.3 is 12.2 Å². The minimum absolute atomic E-state index is 0.121. The van der Waals surface area contributed by atoms with Gasteiger partial charge < -0.3 is 9.64 Å². The summed E-state index contributed by atoms with van der Waals surface area (Å²) >= 11 is 2.95. The molecule has 0 N–H and O–H groups in total. The number of aromatic nitrogens is 1. The number of hydrogen-bond acceptors (Lipinski definition) is 3. The Kier molecular flexibility index (Phi) is 5.89. The van der Waals surface area contributed by atoms with Crippen molar-refractivity contribution in [3.05, 3.63) is 63.5 Å². The molecule has 1 aliphatic rings. The van der Waals surface area contributed by atoms with Crippen molar-refractivity contribution < 1.29 is 35.9 Å². The number of halogens is 7. The molecule has 2 amide bonds. The van der Waals surface area contributed by atoms with E-state index in [1.54, 1.807) is 0 Å². The SMILES string of the molecule is COc1cc2ncc3c(c2cc1F)CN(Cc1c(F)cc(Br)cc1F)C(=O)N3CC(F)(F)F. The first-order valence-corrected chi connectivity index (χ1v) is 10.2. The zero-order valence-electron chi connectivity index (χ0n) is 16.8. The minimum atomic E-state index is -4.77. The van der Waals surface area contributed by atoms with Crippen LogP contribution in [0.2, 0.25) is 0 Å². The van der Waals surface area contributed by atoms with Crippen LogP contribution in [0.1, 0.15) is 11.1 Å². The van der Waals surface area contributed by atoms with Gasteiger partial charge in [-0.25, -0.2) is 18.0 Å². The summed E-state index contributed by atoms with van der Waals surface area (Å²) < 4.78 is 88.0. The van der Waals surface area contributed by atoms with E-state index < -0.39 is 48.3 Å². The lowest BCUT2D eigenvalue weighted by atomic mass is 10.0. The Balaban J connectivity index is 1.85. The fourth-order valence-electron chi connectivity index (χ4n) is 3.69. The average molecular weight is 534 g/mol. The number of nitrogens with zero attached hydrogens (tertiary/aromatic N) is 3. The highest BCUT2D eigenvalue weighted by Crippen LogP contribution is 2.38. The lowest BCUT2D eigenvalue weighted by Crippen LogP contribution is -2.50. The molecule has 0 spiro atoms. The minimum Gasteiger partial charge on any atom is -0.494 e. The summed E-state index contributed by atoms with van der Waals surface area (Å²) in [5, 5.41) is 0.146. The molecule has 0 radical (unpaired) electrons. The van der Waals surface area contributed by atoms with E-state index in [0.29, 0.717) is 4.90 Å². The van der Waals surface area contributed by atoms with E-state index in [0.717, 1.165) is 29.3 Å². The molecule has 3 aromatic rings. The summed E-state index contributed by atoms with van der Waals surface area (Å²) in [5.74, 6) is -2.85. The highest BCUT2D eigenvalue weighted by molar-refractivity contribution is 9.10. The molecular weight excluding hydrogens is 520 g/mol. The molecule has 12 heteroatoms. The van der Waals surface area contributed by atoms with Gasteiger partial charge in [-0.15, -0.1) is 0 Å². The van der Waals surface area contributed by atoms with Gasteiger partial charge in [0, 0.05) is 27.1 Å². The second kappa shape index (κ2) is 8.40. The second-order valence-corrected chi connectivity index (χ2v) is 8.23. The maximum atomic E-state index is 14.4. The van der Waals surface area contributed by atoms with Crippen molar-refractivity contribution in [1.29, 1.82) is 0 Å². The van der Waals surface area contributed by atoms with E-state index in [-0.39, 0.29) is 38.9 Å². The number of methoxy groups -OCH3 is 1. The van der Waals surface area contributed by atoms with Crippen LogP contribution in [0.5, 0.6) is 5.75 Å². The molecule has 1 aliphatic heterocycles. The van der Waals surface area contributed by atoms with E-state index in [1.807, 2.05) is 0 Å². The summed E-state index contributed by atoms with van der Waals surface area (Å²) in [6.45, 7) is -2.62. The predicted molar refractivity (Wildman–Crippen MR) is 110 cm³/mol. The number of urea groups is 1. The Labute approximate surface area is 191 Å². The Morgan fingerprint density at radius 1 is 1.09 bits per heavy atom. The largest absolute Gasteiger partial charge is 0.494 e. The number of hydrogen-bond donors (Lipinski definition) is 0. The Hall–Kier alpha value is -3.02. The van der Waals surface area contributed by atoms with Crippen molar-refractivity contribution >= 4 is 38.6 Å². The summed E-state index contributed by atoms with van der Waals surface area (Å²) in [4.78, 5) is 18.3. The summed E-state index contributed by atoms with van der Waals surface area (Å²) in [6, 6.07) is 3.16. The third kappa shape index (κ3) is 4.43. The van der Waals surface area contributed by atoms with Crippen LogP contribution < -0.4 is 9.64 Å². The number of pyridine rings is 1. The van der Waals surface area contributed by atoms with Crippen LogP contribution in [-0.4, -0.2) is 35.7 Å². The Morgan fingerprint density at radius 2 is 1.76 bits per heavy atom. The third-order valence-electron chi connectivity index (χ3n) is 5.16. The summed E-state index contributed by atoms with van der Waals surface area (Å²) in [5.41, 5.74) is -0.284. The smallest absolute Gasteiger partial charge is 0.406 e. The zero-order valence-corrected chi connectivity index (χ0v) is 18.4. The van der Waals surface area contributed by atoms with Gasteiger partial charge in [-0.1, -0.05) is 15.9 Å². The number of carbonyl (C=O) groups is 1. The molecule has 33 heavy (non-hydrogen) atoms. The van der Waals surface area contributed by atoms with E-state index in [9.17, 15) is 31.1 Å². The first-order valence-electron chi connectivity index (χ1n) is 9.40. The van der Waals surface area contributed by atoms with Crippen molar-refractivity contribution in [2.75, 3.05) is 18.6 Å². The van der Waals surface area contributed by atoms with E-state index >= 15 is 0 Å². The van der Waals surface area contributed by atoms with Crippen LogP contribution in [0.25, 0.3) is 10.9 Å². The van der Waals surface area contributed by atoms with Crippen LogP contribution in [0, 0.1) is 17.5 Å². The highest BCUT2D eigenvalue weighted by atomic mass is 79.9. The van der Waals surface area contributed by atoms with Gasteiger partial charge in [-0.2, -0.15) is 13.2 Å². The maximum Gasteiger partial charge on any atom is 0.406 e. The molecule has 5 nitrogen and oxygen atoms in total. The van der Waals surface area contributed by atoms with Gasteiger partial charge in [-0.05, 0) is 18.2 Å². The summed E-state index contributed by atoms with van der Waals surface area (Å²) in [7, 11) is 1.25. The number of ether oxygens (including phenoxy) is 1. The van der Waals surface area contributed by atoms with Gasteiger partial charge in [0.1, 0.15) is 18.2 Å². The number of amides is 2. The number of rotatable bonds is 4. The Bertz CT molecular complexity index is 1240. The molecule has 0 atom stereocenters. The standard InChI is InChI=1S/C21H14BrF6N3O2/c1-33-19-5-17-11(4-16(19)25)12-7-30(8-13-14(23)2-10(22)3-15(13)24)20(32)31(9-21(26,27)28)18(12)6-29-17/h2-6H,7-9H2,1H3. The van der Waals surface area contributed by atoms with Crippen molar-refractivity contribution in [2.45, 2.75) is 19.3 Å². The van der Waals surface area contributed by atoms with Crippen molar-refractivity contribution in [3.63, 3.8) is 0 Å². The van der Waals surface area contributed by atoms with Gasteiger partial charge in [0.15, 0.2) is 11.6 Å². The van der Waals surface area contributed by atoms with E-state index in [4.69, 9.17) is 4.74 Å². The number of fused-ring (bicyclic) bond motifs is 3. The molecule has 2 aromatic carbocycles. The van der Waals surface area contributed by atoms with Gasteiger partial charge in [0.25, 0.3) is 0 Å². The van der Waals surface area contributed by atoms with Crippen molar-refractivity contribution in [1.82, 2.24) is 9.88 Å². The molecule has 0 aliphatic carbocycles. The molecule has 0 saturated carbocycles. The molecule has 2 heterocycles. The topological polar surface area (TPSA) is 45.7 Å². The van der Waals surface area contributed by atoms with Crippen molar-refractivity contribution in [3.8, 4) is 5.75 Å². The fourth-order valence-corrected chi connectivity index (χ4v) is 4.10. The highest BCUT2D eigenvalue weighted by Gasteiger charge is 2.40. The summed E-state index contributed by atoms with van der Waals surface area (Å²) in [6.07, 6.45) is -3.69. The van der Waals surface area contributed by atoms with Gasteiger partial charge in [0.05, 0.1) is 37.6 Å². The average Bonchev–Trinajstić information content (AvgIpc) is 2.71. The number of benzene rings is 2. The van der Waals surface area contributed by atoms with E-state index in [2.05, 4.69) is 20.9 Å². The predicted octanol–water partition coefficient (Wildman–Crippen LogP) is 5.93. The number of anilines is 1. The third-order valence-corrected chi connectivity index (χ3v) is 5.62. The van der Waals surface area contributed by atoms with Gasteiger partial charge in [-0.3, -0.25) is 9.88 Å². The lowest BCUT2D eigenvalue weighted by molar-refractivity contribution is -0.119. The normalized spacial score (nSPS) is 14.1. The van der Waals surface area contributed by atoms with E-state index in [1.165, 1.54) is 13.2 Å². The molecular formula is C21H14BrF6N3O2. The van der Waals surface area contributed by atoms with Crippen LogP contribution in [0.3, 0.4) is 0 Å². The second-order valence-electron chi connectivity index (χ2n) is 7.31. The monoisotopic (exact) mass is 533 g/mol. The molecule has 0 fully saturated rings. The fraction of sp³-hybridized carbons (Fsp3) is 0.238. The molecule has 4 rings (SSSR count). The van der Waals surface area contributed by atoms with Crippen LogP contribution in [0.15, 0.2) is 34.9 Å². The molecule has 0 unspecified atom stereocenters. The Morgan fingerprint density at radius 3 is 2.36 bits per heavy atom. The lowest BCUT2D eigenvalue weighted by Gasteiger charge is -2.37.